The molecule has 1 aromatic carbocycles. The Labute approximate surface area is 186 Å². The van der Waals surface area contributed by atoms with E-state index in [1.54, 1.807) is 11.3 Å². The first-order chi connectivity index (χ1) is 15.1. The Balaban J connectivity index is 1.24. The molecule has 1 aliphatic heterocycles. The second kappa shape index (κ2) is 8.55. The summed E-state index contributed by atoms with van der Waals surface area (Å²) in [4.78, 5) is 29.2. The molecule has 0 N–H and O–H groups in total. The summed E-state index contributed by atoms with van der Waals surface area (Å²) in [6, 6.07) is 9.96. The summed E-state index contributed by atoms with van der Waals surface area (Å²) in [6.45, 7) is 7.88. The molecule has 1 amide bonds. The highest BCUT2D eigenvalue weighted by Gasteiger charge is 2.30. The number of thiophene rings is 1. The van der Waals surface area contributed by atoms with Gasteiger partial charge in [0.15, 0.2) is 0 Å². The van der Waals surface area contributed by atoms with Gasteiger partial charge < -0.3 is 14.5 Å². The van der Waals surface area contributed by atoms with E-state index in [-0.39, 0.29) is 12.5 Å². The van der Waals surface area contributed by atoms with E-state index in [0.29, 0.717) is 25.6 Å². The molecule has 1 saturated carbocycles. The van der Waals surface area contributed by atoms with Gasteiger partial charge in [-0.05, 0) is 37.8 Å². The molecule has 0 unspecified atom stereocenters. The summed E-state index contributed by atoms with van der Waals surface area (Å²) in [5.74, 6) is 2.64. The van der Waals surface area contributed by atoms with Crippen LogP contribution in [0.4, 0.5) is 5.82 Å². The van der Waals surface area contributed by atoms with Gasteiger partial charge in [-0.15, -0.1) is 11.3 Å². The number of aromatic nitrogens is 2. The first-order valence-corrected chi connectivity index (χ1v) is 11.8. The van der Waals surface area contributed by atoms with Crippen LogP contribution in [0.25, 0.3) is 10.2 Å². The number of fused-ring (bicyclic) bond motifs is 1. The Morgan fingerprint density at radius 1 is 1.10 bits per heavy atom. The predicted octanol–water partition coefficient (Wildman–Crippen LogP) is 4.05. The van der Waals surface area contributed by atoms with Gasteiger partial charge in [0.1, 0.15) is 23.1 Å². The van der Waals surface area contributed by atoms with Crippen molar-refractivity contribution in [2.24, 2.45) is 0 Å². The van der Waals surface area contributed by atoms with Gasteiger partial charge in [0, 0.05) is 37.0 Å². The number of hydrogen-bond acceptors (Lipinski definition) is 6. The fourth-order valence-electron chi connectivity index (χ4n) is 4.09. The van der Waals surface area contributed by atoms with Crippen molar-refractivity contribution in [3.63, 3.8) is 0 Å². The predicted molar refractivity (Wildman–Crippen MR) is 124 cm³/mol. The van der Waals surface area contributed by atoms with Crippen LogP contribution in [0.15, 0.2) is 30.3 Å². The fourth-order valence-corrected chi connectivity index (χ4v) is 5.12. The van der Waals surface area contributed by atoms with Crippen LogP contribution in [-0.4, -0.2) is 53.6 Å². The summed E-state index contributed by atoms with van der Waals surface area (Å²) in [5, 5.41) is 1.19. The lowest BCUT2D eigenvalue weighted by molar-refractivity contribution is -0.136. The zero-order valence-corrected chi connectivity index (χ0v) is 19.0. The monoisotopic (exact) mass is 436 g/mol. The summed E-state index contributed by atoms with van der Waals surface area (Å²) >= 11 is 1.77. The van der Waals surface area contributed by atoms with Crippen molar-refractivity contribution >= 4 is 33.3 Å². The lowest BCUT2D eigenvalue weighted by atomic mass is 10.2. The number of benzene rings is 1. The Morgan fingerprint density at radius 3 is 2.55 bits per heavy atom. The summed E-state index contributed by atoms with van der Waals surface area (Å²) in [5.41, 5.74) is 2.37. The fraction of sp³-hybridized carbons (Fsp3) is 0.458. The molecule has 31 heavy (non-hydrogen) atoms. The van der Waals surface area contributed by atoms with Crippen LogP contribution < -0.4 is 4.90 Å². The first-order valence-electron chi connectivity index (χ1n) is 11.0. The molecule has 1 saturated heterocycles. The molecule has 5 rings (SSSR count). The van der Waals surface area contributed by atoms with Crippen molar-refractivity contribution in [2.45, 2.75) is 39.2 Å². The summed E-state index contributed by atoms with van der Waals surface area (Å²) < 4.78 is 5.65. The van der Waals surface area contributed by atoms with Crippen LogP contribution in [0.5, 0.6) is 0 Å². The van der Waals surface area contributed by atoms with Crippen molar-refractivity contribution in [3.8, 4) is 0 Å². The highest BCUT2D eigenvalue weighted by atomic mass is 32.1. The Morgan fingerprint density at radius 2 is 1.84 bits per heavy atom. The summed E-state index contributed by atoms with van der Waals surface area (Å²) in [6.07, 6.45) is 2.39. The van der Waals surface area contributed by atoms with E-state index in [1.807, 2.05) is 35.2 Å². The molecule has 2 aliphatic rings. The molecule has 0 atom stereocenters. The van der Waals surface area contributed by atoms with E-state index >= 15 is 0 Å². The Hall–Kier alpha value is -2.51. The van der Waals surface area contributed by atoms with E-state index in [2.05, 4.69) is 18.7 Å². The van der Waals surface area contributed by atoms with Crippen LogP contribution in [0.3, 0.4) is 0 Å². The molecular weight excluding hydrogens is 408 g/mol. The third-order valence-corrected chi connectivity index (χ3v) is 7.34. The zero-order valence-electron chi connectivity index (χ0n) is 18.1. The van der Waals surface area contributed by atoms with Crippen molar-refractivity contribution in [1.82, 2.24) is 14.9 Å². The first kappa shape index (κ1) is 20.4. The largest absolute Gasteiger partial charge is 0.367 e. The highest BCUT2D eigenvalue weighted by Crippen LogP contribution is 2.42. The highest BCUT2D eigenvalue weighted by molar-refractivity contribution is 7.18. The van der Waals surface area contributed by atoms with Crippen LogP contribution in [-0.2, 0) is 16.1 Å². The number of amides is 1. The van der Waals surface area contributed by atoms with E-state index < -0.39 is 0 Å². The minimum atomic E-state index is 0.0599. The number of carbonyl (C=O) groups is 1. The average Bonchev–Trinajstić information content (AvgIpc) is 3.60. The third kappa shape index (κ3) is 4.29. The van der Waals surface area contributed by atoms with Gasteiger partial charge in [0.05, 0.1) is 12.0 Å². The molecule has 7 heteroatoms. The normalized spacial score (nSPS) is 16.8. The molecule has 6 nitrogen and oxygen atoms in total. The smallest absolute Gasteiger partial charge is 0.248 e. The van der Waals surface area contributed by atoms with Gasteiger partial charge in [0.25, 0.3) is 0 Å². The molecule has 0 bridgehead atoms. The topological polar surface area (TPSA) is 58.6 Å². The molecule has 2 aromatic heterocycles. The van der Waals surface area contributed by atoms with Gasteiger partial charge in [-0.3, -0.25) is 4.79 Å². The van der Waals surface area contributed by atoms with Crippen LogP contribution in [0.2, 0.25) is 0 Å². The third-order valence-electron chi connectivity index (χ3n) is 6.24. The quantitative estimate of drug-likeness (QED) is 0.583. The van der Waals surface area contributed by atoms with Crippen LogP contribution in [0.1, 0.15) is 40.6 Å². The van der Waals surface area contributed by atoms with Crippen molar-refractivity contribution in [3.05, 3.63) is 52.2 Å². The Bertz CT molecular complexity index is 1090. The number of anilines is 1. The lowest BCUT2D eigenvalue weighted by Crippen LogP contribution is -2.50. The molecule has 0 radical (unpaired) electrons. The number of rotatable bonds is 6. The molecule has 162 valence electrons. The maximum Gasteiger partial charge on any atom is 0.248 e. The van der Waals surface area contributed by atoms with Crippen LogP contribution >= 0.6 is 11.3 Å². The molecular formula is C24H28N4O2S. The van der Waals surface area contributed by atoms with E-state index in [1.165, 1.54) is 28.7 Å². The van der Waals surface area contributed by atoms with E-state index in [9.17, 15) is 4.79 Å². The van der Waals surface area contributed by atoms with Crippen molar-refractivity contribution < 1.29 is 9.53 Å². The number of carbonyl (C=O) groups excluding carboxylic acids is 1. The number of nitrogens with zero attached hydrogens (tertiary/aromatic N) is 4. The standard InChI is InChI=1S/C24H28N4O2S/c1-16-17(2)31-24-21(16)23(25-22(26-24)19-8-9-19)28-12-10-27(11-13-28)20(29)15-30-14-18-6-4-3-5-7-18/h3-7,19H,8-15H2,1-2H3. The second-order valence-electron chi connectivity index (χ2n) is 8.49. The number of aryl methyl sites for hydroxylation is 2. The van der Waals surface area contributed by atoms with Gasteiger partial charge in [0.2, 0.25) is 5.91 Å². The van der Waals surface area contributed by atoms with Crippen molar-refractivity contribution in [2.75, 3.05) is 37.7 Å². The van der Waals surface area contributed by atoms with Gasteiger partial charge in [-0.1, -0.05) is 30.3 Å². The number of hydrogen-bond donors (Lipinski definition) is 0. The molecule has 3 aromatic rings. The zero-order chi connectivity index (χ0) is 21.4. The number of ether oxygens (including phenoxy) is 1. The van der Waals surface area contributed by atoms with E-state index in [4.69, 9.17) is 14.7 Å². The maximum absolute atomic E-state index is 12.6. The molecule has 3 heterocycles. The van der Waals surface area contributed by atoms with Crippen molar-refractivity contribution in [1.29, 1.82) is 0 Å². The second-order valence-corrected chi connectivity index (χ2v) is 9.69. The molecule has 0 spiro atoms. The lowest BCUT2D eigenvalue weighted by Gasteiger charge is -2.36. The van der Waals surface area contributed by atoms with Crippen LogP contribution in [0, 0.1) is 13.8 Å². The Kier molecular flexibility index (Phi) is 5.63. The maximum atomic E-state index is 12.6. The van der Waals surface area contributed by atoms with Gasteiger partial charge in [-0.2, -0.15) is 0 Å². The average molecular weight is 437 g/mol. The van der Waals surface area contributed by atoms with Gasteiger partial charge >= 0.3 is 0 Å². The van der Waals surface area contributed by atoms with E-state index in [0.717, 1.165) is 35.1 Å². The minimum absolute atomic E-state index is 0.0599. The van der Waals surface area contributed by atoms with Gasteiger partial charge in [-0.25, -0.2) is 9.97 Å². The number of piperazine rings is 1. The SMILES string of the molecule is Cc1sc2nc(C3CC3)nc(N3CCN(C(=O)COCc4ccccc4)CC3)c2c1C. The minimum Gasteiger partial charge on any atom is -0.367 e. The molecule has 1 aliphatic carbocycles. The molecule has 2 fully saturated rings. The summed E-state index contributed by atoms with van der Waals surface area (Å²) in [7, 11) is 0.